The number of nitro groups is 1. The van der Waals surface area contributed by atoms with Crippen LogP contribution in [0.25, 0.3) is 0 Å². The molecule has 0 unspecified atom stereocenters. The Kier molecular flexibility index (Phi) is 4.85. The molecule has 0 bridgehead atoms. The Hall–Kier alpha value is -1.23. The van der Waals surface area contributed by atoms with Gasteiger partial charge >= 0.3 is 5.97 Å². The summed E-state index contributed by atoms with van der Waals surface area (Å²) < 4.78 is 24.2. The summed E-state index contributed by atoms with van der Waals surface area (Å²) in [5, 5.41) is 19.2. The van der Waals surface area contributed by atoms with E-state index in [1.165, 1.54) is 6.92 Å². The maximum absolute atomic E-state index is 12.1. The lowest BCUT2D eigenvalue weighted by Gasteiger charge is -2.16. The first kappa shape index (κ1) is 15.8. The average Bonchev–Trinajstić information content (AvgIpc) is 2.68. The monoisotopic (exact) mass is 328 g/mol. The predicted molar refractivity (Wildman–Crippen MR) is 68.1 cm³/mol. The number of nitrogens with zero attached hydrogens (tertiary/aromatic N) is 2. The molecule has 0 spiro atoms. The Morgan fingerprint density at radius 2 is 2.21 bits per heavy atom. The third-order valence-corrected chi connectivity index (χ3v) is 5.81. The van der Waals surface area contributed by atoms with Gasteiger partial charge in [-0.25, -0.2) is 8.42 Å². The highest BCUT2D eigenvalue weighted by Crippen LogP contribution is 2.37. The molecule has 0 saturated carbocycles. The number of carboxylic acids is 1. The van der Waals surface area contributed by atoms with E-state index in [4.69, 9.17) is 16.7 Å². The molecule has 0 fully saturated rings. The van der Waals surface area contributed by atoms with Gasteiger partial charge in [-0.2, -0.15) is 4.31 Å². The Morgan fingerprint density at radius 1 is 1.63 bits per heavy atom. The molecular weight excluding hydrogens is 320 g/mol. The highest BCUT2D eigenvalue weighted by molar-refractivity contribution is 7.91. The first-order valence-electron chi connectivity index (χ1n) is 4.85. The molecular formula is C8H9ClN2O6S2. The Bertz CT molecular complexity index is 611. The molecule has 11 heteroatoms. The van der Waals surface area contributed by atoms with Crippen LogP contribution in [0.3, 0.4) is 0 Å². The number of thiophene rings is 1. The van der Waals surface area contributed by atoms with Crippen molar-refractivity contribution in [1.29, 1.82) is 0 Å². The third kappa shape index (κ3) is 3.41. The van der Waals surface area contributed by atoms with Gasteiger partial charge in [0.25, 0.3) is 15.7 Å². The maximum atomic E-state index is 12.1. The van der Waals surface area contributed by atoms with Crippen LogP contribution in [0, 0.1) is 10.1 Å². The molecule has 8 nitrogen and oxygen atoms in total. The van der Waals surface area contributed by atoms with Crippen LogP contribution in [0.4, 0.5) is 5.69 Å². The Morgan fingerprint density at radius 3 is 2.58 bits per heavy atom. The molecule has 1 aromatic heterocycles. The predicted octanol–water partition coefficient (Wildman–Crippen LogP) is 1.40. The van der Waals surface area contributed by atoms with Gasteiger partial charge in [0.05, 0.1) is 4.92 Å². The summed E-state index contributed by atoms with van der Waals surface area (Å²) in [5.74, 6) is -1.32. The fourth-order valence-electron chi connectivity index (χ4n) is 1.23. The summed E-state index contributed by atoms with van der Waals surface area (Å²) in [4.78, 5) is 20.4. The second-order valence-corrected chi connectivity index (χ2v) is 7.13. The molecule has 0 saturated heterocycles. The average molecular weight is 329 g/mol. The van der Waals surface area contributed by atoms with E-state index in [0.29, 0.717) is 15.6 Å². The summed E-state index contributed by atoms with van der Waals surface area (Å²) in [5.41, 5.74) is -0.517. The second-order valence-electron chi connectivity index (χ2n) is 3.31. The number of likely N-dealkylation sites (N-methyl/N-ethyl adjacent to an activating group) is 1. The van der Waals surface area contributed by atoms with Crippen LogP contribution < -0.4 is 0 Å². The van der Waals surface area contributed by atoms with Crippen molar-refractivity contribution < 1.29 is 23.2 Å². The van der Waals surface area contributed by atoms with E-state index in [2.05, 4.69) is 0 Å². The maximum Gasteiger partial charge on any atom is 0.318 e. The van der Waals surface area contributed by atoms with Crippen LogP contribution in [-0.4, -0.2) is 41.8 Å². The SMILES string of the molecule is CCN(CC(=O)O)S(=O)(=O)c1cc([N+](=O)[O-])c(Cl)s1. The number of carbonyl (C=O) groups is 1. The number of sulfonamides is 1. The fraction of sp³-hybridized carbons (Fsp3) is 0.375. The number of rotatable bonds is 6. The molecule has 0 radical (unpaired) electrons. The van der Waals surface area contributed by atoms with Crippen molar-refractivity contribution in [2.45, 2.75) is 11.1 Å². The smallest absolute Gasteiger partial charge is 0.318 e. The van der Waals surface area contributed by atoms with E-state index in [-0.39, 0.29) is 15.1 Å². The minimum Gasteiger partial charge on any atom is -0.480 e. The van der Waals surface area contributed by atoms with Gasteiger partial charge in [-0.05, 0) is 0 Å². The second kappa shape index (κ2) is 5.82. The fourth-order valence-corrected chi connectivity index (χ4v) is 4.45. The number of hydrogen-bond donors (Lipinski definition) is 1. The zero-order valence-electron chi connectivity index (χ0n) is 9.57. The van der Waals surface area contributed by atoms with Crippen molar-refractivity contribution >= 4 is 44.6 Å². The van der Waals surface area contributed by atoms with E-state index in [1.807, 2.05) is 0 Å². The lowest BCUT2D eigenvalue weighted by Crippen LogP contribution is -2.35. The van der Waals surface area contributed by atoms with Crippen LogP contribution in [-0.2, 0) is 14.8 Å². The van der Waals surface area contributed by atoms with Gasteiger partial charge in [-0.3, -0.25) is 14.9 Å². The van der Waals surface area contributed by atoms with Gasteiger partial charge in [0.15, 0.2) is 4.34 Å². The van der Waals surface area contributed by atoms with Gasteiger partial charge in [0.2, 0.25) is 0 Å². The summed E-state index contributed by atoms with van der Waals surface area (Å²) in [6, 6.07) is 0.826. The van der Waals surface area contributed by atoms with Crippen LogP contribution in [0.5, 0.6) is 0 Å². The van der Waals surface area contributed by atoms with Crippen molar-refractivity contribution in [3.63, 3.8) is 0 Å². The normalized spacial score (nSPS) is 11.7. The summed E-state index contributed by atoms with van der Waals surface area (Å²) in [7, 11) is -4.10. The first-order chi connectivity index (χ1) is 8.70. The molecule has 0 aliphatic heterocycles. The van der Waals surface area contributed by atoms with Crippen molar-refractivity contribution in [2.75, 3.05) is 13.1 Å². The molecule has 0 aromatic carbocycles. The first-order valence-corrected chi connectivity index (χ1v) is 7.49. The van der Waals surface area contributed by atoms with E-state index >= 15 is 0 Å². The van der Waals surface area contributed by atoms with Crippen molar-refractivity contribution in [3.05, 3.63) is 20.5 Å². The minimum absolute atomic E-state index is 0.0715. The zero-order valence-corrected chi connectivity index (χ0v) is 12.0. The lowest BCUT2D eigenvalue weighted by molar-refractivity contribution is -0.384. The number of hydrogen-bond acceptors (Lipinski definition) is 6. The summed E-state index contributed by atoms with van der Waals surface area (Å²) >= 11 is 6.10. The minimum atomic E-state index is -4.10. The van der Waals surface area contributed by atoms with E-state index < -0.39 is 33.1 Å². The van der Waals surface area contributed by atoms with Crippen LogP contribution in [0.15, 0.2) is 10.3 Å². The van der Waals surface area contributed by atoms with E-state index in [1.54, 1.807) is 0 Å². The molecule has 1 aromatic rings. The Balaban J connectivity index is 3.22. The molecule has 19 heavy (non-hydrogen) atoms. The lowest BCUT2D eigenvalue weighted by atomic mass is 10.6. The molecule has 0 aliphatic rings. The number of halogens is 1. The molecule has 0 atom stereocenters. The van der Waals surface area contributed by atoms with Crippen LogP contribution in [0.2, 0.25) is 4.34 Å². The summed E-state index contributed by atoms with van der Waals surface area (Å²) in [6.07, 6.45) is 0. The molecule has 106 valence electrons. The topological polar surface area (TPSA) is 118 Å². The number of carboxylic acid groups (broad SMARTS) is 1. The van der Waals surface area contributed by atoms with Crippen LogP contribution >= 0.6 is 22.9 Å². The number of aliphatic carboxylic acids is 1. The summed E-state index contributed by atoms with van der Waals surface area (Å²) in [6.45, 7) is 0.671. The van der Waals surface area contributed by atoms with Gasteiger partial charge in [-0.15, -0.1) is 11.3 Å². The quantitative estimate of drug-likeness (QED) is 0.623. The van der Waals surface area contributed by atoms with E-state index in [0.717, 1.165) is 6.07 Å². The van der Waals surface area contributed by atoms with Gasteiger partial charge < -0.3 is 5.11 Å². The van der Waals surface area contributed by atoms with E-state index in [9.17, 15) is 23.3 Å². The van der Waals surface area contributed by atoms with Crippen molar-refractivity contribution in [2.24, 2.45) is 0 Å². The molecule has 1 N–H and O–H groups in total. The van der Waals surface area contributed by atoms with Gasteiger partial charge in [0.1, 0.15) is 10.8 Å². The van der Waals surface area contributed by atoms with Crippen LogP contribution in [0.1, 0.15) is 6.92 Å². The van der Waals surface area contributed by atoms with Crippen molar-refractivity contribution in [3.8, 4) is 0 Å². The third-order valence-electron chi connectivity index (χ3n) is 2.10. The molecule has 1 heterocycles. The largest absolute Gasteiger partial charge is 0.480 e. The zero-order chi connectivity index (χ0) is 14.8. The van der Waals surface area contributed by atoms with Gasteiger partial charge in [0, 0.05) is 12.6 Å². The molecule has 0 aliphatic carbocycles. The molecule has 0 amide bonds. The van der Waals surface area contributed by atoms with Crippen molar-refractivity contribution in [1.82, 2.24) is 4.31 Å². The highest BCUT2D eigenvalue weighted by Gasteiger charge is 2.30. The Labute approximate surface area is 117 Å². The molecule has 1 rings (SSSR count). The standard InChI is InChI=1S/C8H9ClN2O6S2/c1-2-10(4-6(12)13)19(16,17)7-3-5(11(14)15)8(9)18-7/h3H,2,4H2,1H3,(H,12,13). The van der Waals surface area contributed by atoms with Gasteiger partial charge in [-0.1, -0.05) is 18.5 Å². The highest BCUT2D eigenvalue weighted by atomic mass is 35.5.